The summed E-state index contributed by atoms with van der Waals surface area (Å²) in [5.74, 6) is -1.36. The van der Waals surface area contributed by atoms with E-state index < -0.39 is 12.1 Å². The first-order valence-electron chi connectivity index (χ1n) is 5.81. The van der Waals surface area contributed by atoms with Gasteiger partial charge in [0.2, 0.25) is 0 Å². The molecule has 1 unspecified atom stereocenters. The van der Waals surface area contributed by atoms with Crippen LogP contribution < -0.4 is 0 Å². The fraction of sp³-hybridized carbons (Fsp3) is 0.750. The van der Waals surface area contributed by atoms with Gasteiger partial charge in [0.05, 0.1) is 34.0 Å². The average Bonchev–Trinajstić information content (AvgIpc) is 2.10. The monoisotopic (exact) mass is 276 g/mol. The number of quaternary nitrogens is 1. The van der Waals surface area contributed by atoms with Crippen LogP contribution in [0.5, 0.6) is 0 Å². The molecular formula is C12H22NO4S+. The van der Waals surface area contributed by atoms with Gasteiger partial charge < -0.3 is 14.3 Å². The number of aliphatic carboxylic acids is 1. The van der Waals surface area contributed by atoms with Crippen LogP contribution in [-0.4, -0.2) is 60.2 Å². The Kier molecular flexibility index (Phi) is 7.01. The van der Waals surface area contributed by atoms with E-state index in [9.17, 15) is 9.59 Å². The molecule has 1 N–H and O–H groups in total. The van der Waals surface area contributed by atoms with Crippen molar-refractivity contribution in [3.63, 3.8) is 0 Å². The molecule has 0 rings (SSSR count). The van der Waals surface area contributed by atoms with Crippen LogP contribution in [0.2, 0.25) is 0 Å². The van der Waals surface area contributed by atoms with Gasteiger partial charge in [-0.3, -0.25) is 9.59 Å². The predicted octanol–water partition coefficient (Wildman–Crippen LogP) is 1.25. The number of carboxylic acids is 1. The van der Waals surface area contributed by atoms with Crippen LogP contribution in [0, 0.1) is 0 Å². The van der Waals surface area contributed by atoms with E-state index in [1.165, 1.54) is 0 Å². The second-order valence-electron chi connectivity index (χ2n) is 5.38. The zero-order valence-electron chi connectivity index (χ0n) is 11.4. The Bertz CT molecular complexity index is 323. The highest BCUT2D eigenvalue weighted by molar-refractivity contribution is 7.80. The summed E-state index contributed by atoms with van der Waals surface area (Å²) in [4.78, 5) is 23.0. The zero-order valence-corrected chi connectivity index (χ0v) is 12.2. The van der Waals surface area contributed by atoms with Gasteiger partial charge in [-0.1, -0.05) is 12.2 Å². The Morgan fingerprint density at radius 2 is 1.83 bits per heavy atom. The Hall–Kier alpha value is -1.01. The summed E-state index contributed by atoms with van der Waals surface area (Å²) in [5, 5.41) is 8.79. The van der Waals surface area contributed by atoms with Crippen molar-refractivity contribution in [3.05, 3.63) is 0 Å². The standard InChI is InChI=1S/C12H21NO4S/c1-9(18)5-6-12(16)17-10(7-11(14)15)8-13(2,3)4/h10H,5-8H2,1-4H3/p+1. The summed E-state index contributed by atoms with van der Waals surface area (Å²) in [5.41, 5.74) is 0. The molecular weight excluding hydrogens is 254 g/mol. The number of rotatable bonds is 8. The third-order valence-electron chi connectivity index (χ3n) is 2.13. The van der Waals surface area contributed by atoms with Gasteiger partial charge >= 0.3 is 11.9 Å². The summed E-state index contributed by atoms with van der Waals surface area (Å²) in [6, 6.07) is 0. The number of carbonyl (C=O) groups is 2. The SMILES string of the molecule is CC(=S)CCC(=O)OC(CC(=O)O)C[N+](C)(C)C. The quantitative estimate of drug-likeness (QED) is 0.411. The Morgan fingerprint density at radius 1 is 1.28 bits per heavy atom. The maximum absolute atomic E-state index is 11.5. The van der Waals surface area contributed by atoms with Gasteiger partial charge in [0.25, 0.3) is 0 Å². The molecule has 0 bridgehead atoms. The lowest BCUT2D eigenvalue weighted by Crippen LogP contribution is -2.43. The van der Waals surface area contributed by atoms with Gasteiger partial charge in [-0.05, 0) is 18.2 Å². The van der Waals surface area contributed by atoms with E-state index in [0.29, 0.717) is 17.4 Å². The van der Waals surface area contributed by atoms with E-state index in [-0.39, 0.29) is 18.8 Å². The molecule has 0 spiro atoms. The highest BCUT2D eigenvalue weighted by Gasteiger charge is 2.24. The molecule has 0 aliphatic rings. The molecule has 0 saturated carbocycles. The van der Waals surface area contributed by atoms with Crippen molar-refractivity contribution in [1.82, 2.24) is 0 Å². The van der Waals surface area contributed by atoms with Crippen molar-refractivity contribution < 1.29 is 23.9 Å². The van der Waals surface area contributed by atoms with E-state index in [1.54, 1.807) is 6.92 Å². The minimum Gasteiger partial charge on any atom is -0.481 e. The van der Waals surface area contributed by atoms with Crippen LogP contribution in [0.4, 0.5) is 0 Å². The normalized spacial score (nSPS) is 12.9. The molecule has 0 aromatic rings. The summed E-state index contributed by atoms with van der Waals surface area (Å²) in [6.07, 6.45) is -0.0564. The van der Waals surface area contributed by atoms with Gasteiger partial charge in [-0.25, -0.2) is 0 Å². The van der Waals surface area contributed by atoms with Gasteiger partial charge in [0.1, 0.15) is 6.54 Å². The highest BCUT2D eigenvalue weighted by atomic mass is 32.1. The molecule has 0 aliphatic carbocycles. The number of ether oxygens (including phenoxy) is 1. The molecule has 0 heterocycles. The fourth-order valence-electron chi connectivity index (χ4n) is 1.47. The second kappa shape index (κ2) is 7.43. The Morgan fingerprint density at radius 3 is 2.22 bits per heavy atom. The first-order chi connectivity index (χ1) is 8.10. The first-order valence-corrected chi connectivity index (χ1v) is 6.22. The molecule has 18 heavy (non-hydrogen) atoms. The molecule has 5 nitrogen and oxygen atoms in total. The molecule has 0 aliphatic heterocycles. The average molecular weight is 276 g/mol. The summed E-state index contributed by atoms with van der Waals surface area (Å²) >= 11 is 4.88. The van der Waals surface area contributed by atoms with Crippen molar-refractivity contribution in [3.8, 4) is 0 Å². The number of hydrogen-bond donors (Lipinski definition) is 1. The Labute approximate surface area is 113 Å². The lowest BCUT2D eigenvalue weighted by molar-refractivity contribution is -0.873. The second-order valence-corrected chi connectivity index (χ2v) is 6.08. The number of carboxylic acid groups (broad SMARTS) is 1. The van der Waals surface area contributed by atoms with Crippen molar-refractivity contribution in [2.75, 3.05) is 27.7 Å². The molecule has 0 radical (unpaired) electrons. The third kappa shape index (κ3) is 10.2. The molecule has 104 valence electrons. The summed E-state index contributed by atoms with van der Waals surface area (Å²) < 4.78 is 5.73. The summed E-state index contributed by atoms with van der Waals surface area (Å²) in [6.45, 7) is 2.23. The van der Waals surface area contributed by atoms with E-state index in [0.717, 1.165) is 4.86 Å². The number of thiocarbonyl (C=S) groups is 1. The largest absolute Gasteiger partial charge is 0.481 e. The van der Waals surface area contributed by atoms with Crippen LogP contribution in [-0.2, 0) is 14.3 Å². The van der Waals surface area contributed by atoms with Gasteiger partial charge in [-0.15, -0.1) is 0 Å². The molecule has 0 aromatic carbocycles. The molecule has 0 amide bonds. The fourth-order valence-corrected chi connectivity index (χ4v) is 1.57. The zero-order chi connectivity index (χ0) is 14.3. The van der Waals surface area contributed by atoms with Crippen LogP contribution in [0.15, 0.2) is 0 Å². The lowest BCUT2D eigenvalue weighted by Gasteiger charge is -2.28. The van der Waals surface area contributed by atoms with E-state index in [1.807, 2.05) is 21.1 Å². The third-order valence-corrected chi connectivity index (χ3v) is 2.34. The Balaban J connectivity index is 4.35. The molecule has 1 atom stereocenters. The van der Waals surface area contributed by atoms with Gasteiger partial charge in [0, 0.05) is 0 Å². The number of carbonyl (C=O) groups excluding carboxylic acids is 1. The van der Waals surface area contributed by atoms with Gasteiger partial charge in [0.15, 0.2) is 6.10 Å². The first kappa shape index (κ1) is 17.0. The minimum atomic E-state index is -0.965. The molecule has 0 aromatic heterocycles. The highest BCUT2D eigenvalue weighted by Crippen LogP contribution is 2.07. The predicted molar refractivity (Wildman–Crippen MR) is 72.5 cm³/mol. The maximum Gasteiger partial charge on any atom is 0.307 e. The van der Waals surface area contributed by atoms with Crippen molar-refractivity contribution in [2.24, 2.45) is 0 Å². The van der Waals surface area contributed by atoms with Crippen molar-refractivity contribution in [2.45, 2.75) is 32.3 Å². The smallest absolute Gasteiger partial charge is 0.307 e. The van der Waals surface area contributed by atoms with Crippen LogP contribution in [0.1, 0.15) is 26.2 Å². The van der Waals surface area contributed by atoms with Gasteiger partial charge in [-0.2, -0.15) is 0 Å². The molecule has 0 fully saturated rings. The van der Waals surface area contributed by atoms with Crippen molar-refractivity contribution in [1.29, 1.82) is 0 Å². The number of hydrogen-bond acceptors (Lipinski definition) is 4. The lowest BCUT2D eigenvalue weighted by atomic mass is 10.2. The topological polar surface area (TPSA) is 63.6 Å². The molecule has 6 heteroatoms. The molecule has 0 saturated heterocycles. The van der Waals surface area contributed by atoms with Crippen LogP contribution >= 0.6 is 12.2 Å². The summed E-state index contributed by atoms with van der Waals surface area (Å²) in [7, 11) is 5.76. The number of likely N-dealkylation sites (N-methyl/N-ethyl adjacent to an activating group) is 1. The van der Waals surface area contributed by atoms with E-state index >= 15 is 0 Å². The van der Waals surface area contributed by atoms with Crippen molar-refractivity contribution >= 4 is 29.0 Å². The number of nitrogens with zero attached hydrogens (tertiary/aromatic N) is 1. The minimum absolute atomic E-state index is 0.169. The van der Waals surface area contributed by atoms with E-state index in [4.69, 9.17) is 22.1 Å². The number of esters is 1. The van der Waals surface area contributed by atoms with Crippen LogP contribution in [0.3, 0.4) is 0 Å². The van der Waals surface area contributed by atoms with Crippen LogP contribution in [0.25, 0.3) is 0 Å². The van der Waals surface area contributed by atoms with E-state index in [2.05, 4.69) is 0 Å². The maximum atomic E-state index is 11.5.